The van der Waals surface area contributed by atoms with E-state index in [2.05, 4.69) is 26.7 Å². The number of benzene rings is 1. The number of hydrogen-bond acceptors (Lipinski definition) is 2. The number of halogens is 1. The van der Waals surface area contributed by atoms with Crippen LogP contribution in [0.2, 0.25) is 0 Å². The lowest BCUT2D eigenvalue weighted by Gasteiger charge is -2.09. The predicted molar refractivity (Wildman–Crippen MR) is 70.3 cm³/mol. The average molecular weight is 289 g/mol. The molecule has 0 aliphatic rings. The van der Waals surface area contributed by atoms with Gasteiger partial charge in [0.05, 0.1) is 6.61 Å². The van der Waals surface area contributed by atoms with E-state index in [4.69, 9.17) is 17.1 Å². The molecule has 0 saturated carbocycles. The fraction of sp³-hybridized carbons (Fsp3) is 0.300. The van der Waals surface area contributed by atoms with E-state index < -0.39 is 0 Å². The molecule has 3 nitrogen and oxygen atoms in total. The highest BCUT2D eigenvalue weighted by atomic mass is 79.9. The van der Waals surface area contributed by atoms with Crippen molar-refractivity contribution >= 4 is 38.9 Å². The molecule has 2 N–H and O–H groups in total. The Morgan fingerprint density at radius 1 is 1.40 bits per heavy atom. The van der Waals surface area contributed by atoms with Crippen molar-refractivity contribution in [2.24, 2.45) is 0 Å². The van der Waals surface area contributed by atoms with Crippen LogP contribution in [0.3, 0.4) is 0 Å². The van der Waals surface area contributed by atoms with Gasteiger partial charge in [-0.1, -0.05) is 33.6 Å². The summed E-state index contributed by atoms with van der Waals surface area (Å²) in [5.41, 5.74) is 4.80. The molecule has 0 fully saturated rings. The van der Waals surface area contributed by atoms with Crippen LogP contribution in [0.15, 0.2) is 24.3 Å². The number of hydrogen-bond donors (Lipinski definition) is 2. The predicted octanol–water partition coefficient (Wildman–Crippen LogP) is 2.61. The van der Waals surface area contributed by atoms with E-state index in [1.807, 2.05) is 31.2 Å². The fourth-order valence-electron chi connectivity index (χ4n) is 0.949. The first-order valence-corrected chi connectivity index (χ1v) is 6.07. The summed E-state index contributed by atoms with van der Waals surface area (Å²) in [5.74, 6) is 0. The summed E-state index contributed by atoms with van der Waals surface area (Å²) in [6.07, 6.45) is 0. The molecule has 0 heterocycles. The Hall–Kier alpha value is -0.650. The maximum atomic E-state index is 5.04. The minimum atomic E-state index is 0.458. The van der Waals surface area contributed by atoms with E-state index in [1.165, 1.54) is 5.56 Å². The number of rotatable bonds is 4. The first kappa shape index (κ1) is 12.4. The fourth-order valence-corrected chi connectivity index (χ4v) is 1.29. The molecule has 0 saturated heterocycles. The van der Waals surface area contributed by atoms with Crippen LogP contribution in [-0.2, 0) is 4.84 Å². The van der Waals surface area contributed by atoms with E-state index in [-0.39, 0.29) is 0 Å². The Kier molecular flexibility index (Phi) is 5.60. The van der Waals surface area contributed by atoms with Crippen molar-refractivity contribution in [2.45, 2.75) is 6.92 Å². The van der Waals surface area contributed by atoms with E-state index in [0.29, 0.717) is 11.7 Å². The molecule has 0 spiro atoms. The molecule has 0 aromatic heterocycles. The van der Waals surface area contributed by atoms with Crippen molar-refractivity contribution in [3.05, 3.63) is 29.8 Å². The zero-order valence-electron chi connectivity index (χ0n) is 8.42. The molecule has 5 heteroatoms. The summed E-state index contributed by atoms with van der Waals surface area (Å²) in [7, 11) is 0. The first-order chi connectivity index (χ1) is 7.22. The van der Waals surface area contributed by atoms with Gasteiger partial charge in [-0.15, -0.1) is 0 Å². The molecular formula is C10H13BrN2OS. The Morgan fingerprint density at radius 2 is 2.07 bits per heavy atom. The second-order valence-corrected chi connectivity index (χ2v) is 4.16. The molecule has 15 heavy (non-hydrogen) atoms. The third kappa shape index (κ3) is 5.11. The summed E-state index contributed by atoms with van der Waals surface area (Å²) >= 11 is 8.27. The van der Waals surface area contributed by atoms with Crippen LogP contribution in [0.25, 0.3) is 0 Å². The lowest BCUT2D eigenvalue weighted by Crippen LogP contribution is -2.29. The van der Waals surface area contributed by atoms with Crippen molar-refractivity contribution < 1.29 is 4.84 Å². The quantitative estimate of drug-likeness (QED) is 0.386. The lowest BCUT2D eigenvalue weighted by molar-refractivity contribution is 0.101. The highest BCUT2D eigenvalue weighted by Gasteiger charge is 1.96. The summed E-state index contributed by atoms with van der Waals surface area (Å²) in [4.78, 5) is 5.04. The van der Waals surface area contributed by atoms with Crippen LogP contribution in [0.4, 0.5) is 5.69 Å². The number of aryl methyl sites for hydroxylation is 1. The van der Waals surface area contributed by atoms with Gasteiger partial charge in [0.2, 0.25) is 0 Å². The van der Waals surface area contributed by atoms with Gasteiger partial charge in [0, 0.05) is 11.0 Å². The van der Waals surface area contributed by atoms with Crippen LogP contribution in [-0.4, -0.2) is 17.0 Å². The molecule has 0 aliphatic heterocycles. The van der Waals surface area contributed by atoms with Crippen molar-refractivity contribution in [1.29, 1.82) is 0 Å². The molecule has 82 valence electrons. The largest absolute Gasteiger partial charge is 0.331 e. The maximum absolute atomic E-state index is 5.04. The molecule has 0 amide bonds. The van der Waals surface area contributed by atoms with E-state index >= 15 is 0 Å². The number of nitrogens with one attached hydrogen (secondary N) is 2. The SMILES string of the molecule is Cc1ccc(NC(=S)NOCCBr)cc1. The monoisotopic (exact) mass is 288 g/mol. The van der Waals surface area contributed by atoms with Gasteiger partial charge in [0.15, 0.2) is 5.11 Å². The molecule has 1 aromatic rings. The smallest absolute Gasteiger partial charge is 0.195 e. The topological polar surface area (TPSA) is 33.3 Å². The van der Waals surface area contributed by atoms with Crippen molar-refractivity contribution in [3.8, 4) is 0 Å². The van der Waals surface area contributed by atoms with Gasteiger partial charge in [0.1, 0.15) is 0 Å². The van der Waals surface area contributed by atoms with Crippen molar-refractivity contribution in [2.75, 3.05) is 17.3 Å². The molecule has 0 aliphatic carbocycles. The normalized spacial score (nSPS) is 9.73. The summed E-state index contributed by atoms with van der Waals surface area (Å²) < 4.78 is 0. The lowest BCUT2D eigenvalue weighted by atomic mass is 10.2. The van der Waals surface area contributed by atoms with Gasteiger partial charge in [-0.3, -0.25) is 4.84 Å². The maximum Gasteiger partial charge on any atom is 0.195 e. The van der Waals surface area contributed by atoms with Gasteiger partial charge in [0.25, 0.3) is 0 Å². The molecule has 0 radical (unpaired) electrons. The van der Waals surface area contributed by atoms with Crippen LogP contribution in [0, 0.1) is 6.92 Å². The number of thiocarbonyl (C=S) groups is 1. The summed E-state index contributed by atoms with van der Waals surface area (Å²) in [6.45, 7) is 2.61. The van der Waals surface area contributed by atoms with Crippen LogP contribution in [0.5, 0.6) is 0 Å². The number of alkyl halides is 1. The van der Waals surface area contributed by atoms with Crippen LogP contribution in [0.1, 0.15) is 5.56 Å². The Morgan fingerprint density at radius 3 is 2.67 bits per heavy atom. The highest BCUT2D eigenvalue weighted by molar-refractivity contribution is 9.09. The van der Waals surface area contributed by atoms with E-state index in [9.17, 15) is 0 Å². The van der Waals surface area contributed by atoms with Gasteiger partial charge in [-0.25, -0.2) is 5.48 Å². The zero-order chi connectivity index (χ0) is 11.1. The Bertz CT molecular complexity index is 316. The third-order valence-corrected chi connectivity index (χ3v) is 2.16. The molecule has 1 aromatic carbocycles. The highest BCUT2D eigenvalue weighted by Crippen LogP contribution is 2.07. The summed E-state index contributed by atoms with van der Waals surface area (Å²) in [5, 5.41) is 4.24. The standard InChI is InChI=1S/C10H13BrN2OS/c1-8-2-4-9(5-3-8)12-10(15)13-14-7-6-11/h2-5H,6-7H2,1H3,(H2,12,13,15). The minimum Gasteiger partial charge on any atom is -0.331 e. The summed E-state index contributed by atoms with van der Waals surface area (Å²) in [6, 6.07) is 7.97. The number of hydroxylamine groups is 1. The van der Waals surface area contributed by atoms with E-state index in [1.54, 1.807) is 0 Å². The molecule has 0 unspecified atom stereocenters. The van der Waals surface area contributed by atoms with Crippen LogP contribution >= 0.6 is 28.1 Å². The first-order valence-electron chi connectivity index (χ1n) is 4.54. The second-order valence-electron chi connectivity index (χ2n) is 2.96. The minimum absolute atomic E-state index is 0.458. The van der Waals surface area contributed by atoms with Gasteiger partial charge < -0.3 is 5.32 Å². The molecule has 0 bridgehead atoms. The van der Waals surface area contributed by atoms with Crippen molar-refractivity contribution in [1.82, 2.24) is 5.48 Å². The average Bonchev–Trinajstić information content (AvgIpc) is 2.22. The Balaban J connectivity index is 2.34. The van der Waals surface area contributed by atoms with Crippen LogP contribution < -0.4 is 10.8 Å². The van der Waals surface area contributed by atoms with Crippen molar-refractivity contribution in [3.63, 3.8) is 0 Å². The molecule has 1 rings (SSSR count). The number of anilines is 1. The molecular weight excluding hydrogens is 276 g/mol. The third-order valence-electron chi connectivity index (χ3n) is 1.65. The molecule has 0 atom stereocenters. The van der Waals surface area contributed by atoms with Gasteiger partial charge >= 0.3 is 0 Å². The van der Waals surface area contributed by atoms with E-state index in [0.717, 1.165) is 11.0 Å². The second kappa shape index (κ2) is 6.76. The van der Waals surface area contributed by atoms with Gasteiger partial charge in [-0.05, 0) is 31.3 Å². The zero-order valence-corrected chi connectivity index (χ0v) is 10.8. The van der Waals surface area contributed by atoms with Gasteiger partial charge in [-0.2, -0.15) is 0 Å². The Labute approximate surface area is 103 Å².